The van der Waals surface area contributed by atoms with Crippen molar-refractivity contribution in [3.8, 4) is 0 Å². The van der Waals surface area contributed by atoms with E-state index in [4.69, 9.17) is 13.7 Å². The summed E-state index contributed by atoms with van der Waals surface area (Å²) in [6.45, 7) is 22.4. The molecule has 0 unspecified atom stereocenters. The first-order chi connectivity index (χ1) is 38.8. The summed E-state index contributed by atoms with van der Waals surface area (Å²) in [6.07, 6.45) is 0. The van der Waals surface area contributed by atoms with Crippen LogP contribution in [0.5, 0.6) is 0 Å². The second-order valence-electron chi connectivity index (χ2n) is 16.9. The zero-order valence-corrected chi connectivity index (χ0v) is 53.4. The average Bonchev–Trinajstić information content (AvgIpc) is 3.51. The molecule has 0 aliphatic heterocycles. The summed E-state index contributed by atoms with van der Waals surface area (Å²) in [7, 11) is -24.9. The Morgan fingerprint density at radius 1 is 0.247 bits per heavy atom. The molecule has 0 spiro atoms. The van der Waals surface area contributed by atoms with E-state index in [1.807, 2.05) is 71.0 Å². The van der Waals surface area contributed by atoms with E-state index in [-0.39, 0.29) is 66.5 Å². The first-order valence-electron chi connectivity index (χ1n) is 25.0. The number of benzene rings is 8. The zero-order chi connectivity index (χ0) is 65.1. The van der Waals surface area contributed by atoms with Crippen LogP contribution in [0.4, 0.5) is 0 Å². The summed E-state index contributed by atoms with van der Waals surface area (Å²) in [5.74, 6) is 0. The van der Waals surface area contributed by atoms with Gasteiger partial charge in [-0.25, -0.2) is 25.3 Å². The van der Waals surface area contributed by atoms with Crippen molar-refractivity contribution in [2.45, 2.75) is 150 Å². The molecule has 0 heterocycles. The summed E-state index contributed by atoms with van der Waals surface area (Å²) >= 11 is 0. The fraction of sp³-hybridized carbons (Fsp3) is 0.262. The molecule has 89 heavy (non-hydrogen) atoms. The minimum atomic E-state index is -4.28. The molecule has 0 saturated heterocycles. The minimum absolute atomic E-state index is 0. The van der Waals surface area contributed by atoms with Crippen molar-refractivity contribution in [2.75, 3.05) is 0 Å². The van der Waals surface area contributed by atoms with Gasteiger partial charge in [0.05, 0.1) is 29.4 Å². The Bertz CT molecular complexity index is 3620. The van der Waals surface area contributed by atoms with Crippen LogP contribution in [-0.2, 0) is 60.7 Å². The van der Waals surface area contributed by atoms with E-state index in [9.17, 15) is 64.2 Å². The molecule has 0 radical (unpaired) electrons. The molecule has 0 fully saturated rings. The van der Waals surface area contributed by atoms with Crippen LogP contribution in [0.25, 0.3) is 0 Å². The molecule has 0 aliphatic carbocycles. The highest BCUT2D eigenvalue weighted by molar-refractivity contribution is 7.87. The number of hydrogen-bond donors (Lipinski definition) is 3. The maximum atomic E-state index is 10.6. The lowest BCUT2D eigenvalue weighted by Crippen LogP contribution is -2.00. The molecule has 0 atom stereocenters. The van der Waals surface area contributed by atoms with Gasteiger partial charge in [-0.15, -0.1) is 0 Å². The molecule has 8 aromatic rings. The zero-order valence-electron chi connectivity index (χ0n) is 48.5. The molecule has 8 aromatic carbocycles. The molecule has 0 aliphatic rings. The van der Waals surface area contributed by atoms with Crippen molar-refractivity contribution in [3.63, 3.8) is 0 Å². The molecule has 500 valence electrons. The third kappa shape index (κ3) is 44.3. The van der Waals surface area contributed by atoms with Crippen LogP contribution >= 0.6 is 0 Å². The molecular formula is C65H93O18S6-3. The van der Waals surface area contributed by atoms with Gasteiger partial charge in [-0.3, -0.25) is 13.7 Å². The van der Waals surface area contributed by atoms with E-state index < -0.39 is 60.7 Å². The molecule has 0 bridgehead atoms. The van der Waals surface area contributed by atoms with E-state index >= 15 is 0 Å². The summed E-state index contributed by atoms with van der Waals surface area (Å²) in [6, 6.07) is 56.8. The molecule has 0 amide bonds. The van der Waals surface area contributed by atoms with Gasteiger partial charge in [-0.05, 0) is 144 Å². The summed E-state index contributed by atoms with van der Waals surface area (Å²) in [5.41, 5.74) is 6.98. The number of hydrogen-bond acceptors (Lipinski definition) is 15. The van der Waals surface area contributed by atoms with Gasteiger partial charge in [-0.1, -0.05) is 227 Å². The van der Waals surface area contributed by atoms with Crippen molar-refractivity contribution in [2.24, 2.45) is 0 Å². The van der Waals surface area contributed by atoms with Gasteiger partial charge in [0, 0.05) is 0 Å². The Labute approximate surface area is 535 Å². The predicted molar refractivity (Wildman–Crippen MR) is 359 cm³/mol. The van der Waals surface area contributed by atoms with Gasteiger partial charge in [0.15, 0.2) is 0 Å². The van der Waals surface area contributed by atoms with Crippen molar-refractivity contribution in [1.29, 1.82) is 0 Å². The van der Waals surface area contributed by atoms with Gasteiger partial charge in [0.25, 0.3) is 30.4 Å². The Morgan fingerprint density at radius 2 is 0.494 bits per heavy atom. The Kier molecular flexibility index (Phi) is 50.8. The molecular weight excluding hydrogens is 1260 g/mol. The highest BCUT2D eigenvalue weighted by atomic mass is 32.2. The van der Waals surface area contributed by atoms with Crippen molar-refractivity contribution in [3.05, 3.63) is 251 Å². The van der Waals surface area contributed by atoms with Gasteiger partial charge >= 0.3 is 0 Å². The summed E-state index contributed by atoms with van der Waals surface area (Å²) in [4.78, 5) is -0.629. The summed E-state index contributed by atoms with van der Waals surface area (Å²) < 4.78 is 183. The largest absolute Gasteiger partial charge is 0.744 e. The van der Waals surface area contributed by atoms with Crippen LogP contribution in [0, 0.1) is 55.4 Å². The van der Waals surface area contributed by atoms with Crippen molar-refractivity contribution >= 4 is 60.7 Å². The van der Waals surface area contributed by atoms with Crippen molar-refractivity contribution in [1.82, 2.24) is 0 Å². The van der Waals surface area contributed by atoms with Crippen LogP contribution in [0.1, 0.15) is 109 Å². The summed E-state index contributed by atoms with van der Waals surface area (Å²) in [5, 5.41) is 0. The van der Waals surface area contributed by atoms with Crippen LogP contribution in [0.3, 0.4) is 0 Å². The van der Waals surface area contributed by atoms with E-state index in [0.29, 0.717) is 11.1 Å². The van der Waals surface area contributed by atoms with Crippen molar-refractivity contribution < 1.29 is 77.8 Å². The van der Waals surface area contributed by atoms with Crippen LogP contribution in [0.15, 0.2) is 236 Å². The molecule has 24 heteroatoms. The fourth-order valence-corrected chi connectivity index (χ4v) is 9.43. The lowest BCUT2D eigenvalue weighted by atomic mass is 10.2. The van der Waals surface area contributed by atoms with Gasteiger partial charge in [0.2, 0.25) is 0 Å². The fourth-order valence-electron chi connectivity index (χ4n) is 5.78. The SMILES string of the molecule is C.C.C.C.C.CC.CC.Cc1ccc(S(=O)(=O)O)cc1.Cc1cccc(S(=O)(=O)O)c1.Cc1cccc(S(=O)(=O)[O-])c1.Cc1cccc(S(=O)(=O)[O-])c1.Cc1ccccc1.Cc1ccccc1.Cc1ccccc1S(=O)(=O)O.Cc1ccccc1S(=O)(=O)[O-]. The predicted octanol–water partition coefficient (Wildman–Crippen LogP) is 15.6. The normalized spacial score (nSPS) is 10.0. The molecule has 0 saturated carbocycles. The van der Waals surface area contributed by atoms with E-state index in [2.05, 4.69) is 38.1 Å². The number of aryl methyl sites for hydroxylation is 8. The first kappa shape index (κ1) is 95.9. The highest BCUT2D eigenvalue weighted by Crippen LogP contribution is 2.15. The van der Waals surface area contributed by atoms with Crippen LogP contribution in [0.2, 0.25) is 0 Å². The monoisotopic (exact) mass is 1350 g/mol. The van der Waals surface area contributed by atoms with E-state index in [0.717, 1.165) is 22.3 Å². The van der Waals surface area contributed by atoms with Gasteiger partial charge < -0.3 is 13.7 Å². The van der Waals surface area contributed by atoms with Crippen LogP contribution in [-0.4, -0.2) is 77.8 Å². The standard InChI is InChI=1S/6C7H8O3S.2C7H8.2C2H6.5CH4/c1-6-2-4-7(5-3-6)11(8,9)10;3*1-6-3-2-4-7(5-6)11(8,9)10;2*1-6-4-2-3-5-7(6)11(8,9)10;2*1-7-5-3-2-4-6-7;2*1-2;;;;;/h6*2-5H,1H3,(H,8,9,10);2*2-6H,1H3;2*1-2H3;5*1H4/p-3. The van der Waals surface area contributed by atoms with E-state index in [1.54, 1.807) is 113 Å². The Hall–Kier alpha value is -6.78. The molecule has 3 N–H and O–H groups in total. The molecule has 18 nitrogen and oxygen atoms in total. The smallest absolute Gasteiger partial charge is 0.294 e. The maximum Gasteiger partial charge on any atom is 0.294 e. The topological polar surface area (TPSA) is 335 Å². The Morgan fingerprint density at radius 3 is 0.685 bits per heavy atom. The Balaban J connectivity index is -0.000000171. The number of rotatable bonds is 6. The van der Waals surface area contributed by atoms with Gasteiger partial charge in [0.1, 0.15) is 30.4 Å². The lowest BCUT2D eigenvalue weighted by Gasteiger charge is -2.08. The molecule has 8 rings (SSSR count). The second kappa shape index (κ2) is 47.2. The van der Waals surface area contributed by atoms with Crippen LogP contribution < -0.4 is 0 Å². The third-order valence-electron chi connectivity index (χ3n) is 9.78. The molecule has 0 aromatic heterocycles. The average molecular weight is 1350 g/mol. The highest BCUT2D eigenvalue weighted by Gasteiger charge is 2.11. The first-order valence-corrected chi connectivity index (χ1v) is 33.6. The lowest BCUT2D eigenvalue weighted by molar-refractivity contribution is 0.460. The minimum Gasteiger partial charge on any atom is -0.744 e. The second-order valence-corrected chi connectivity index (χ2v) is 25.2. The quantitative estimate of drug-likeness (QED) is 0.130. The van der Waals surface area contributed by atoms with E-state index in [1.165, 1.54) is 77.9 Å². The third-order valence-corrected chi connectivity index (χ3v) is 15.2. The maximum absolute atomic E-state index is 10.6. The van der Waals surface area contributed by atoms with Gasteiger partial charge in [-0.2, -0.15) is 25.3 Å².